The molecule has 0 bridgehead atoms. The average molecular weight is 211 g/mol. The van der Waals surface area contributed by atoms with E-state index >= 15 is 0 Å². The van der Waals surface area contributed by atoms with Gasteiger partial charge in [-0.3, -0.25) is 0 Å². The normalized spacial score (nSPS) is 9.00. The van der Waals surface area contributed by atoms with E-state index in [0.717, 1.165) is 0 Å². The molecule has 0 unspecified atom stereocenters. The number of hydrogen-bond acceptors (Lipinski definition) is 3. The minimum absolute atomic E-state index is 0.405. The smallest absolute Gasteiger partial charge is 0.238 e. The molecule has 2 N–H and O–H groups in total. The van der Waals surface area contributed by atoms with Crippen LogP contribution in [0.2, 0.25) is 0 Å². The standard InChI is InChI=1S/C10H11ClN2O/c1-14-10-9(12)6-5-8(13-10)4-2-3-7-11/h5-6H,3,7,12H2,1H3. The van der Waals surface area contributed by atoms with Crippen LogP contribution >= 0.6 is 11.6 Å². The Bertz CT molecular complexity index is 368. The Hall–Kier alpha value is -1.40. The number of aromatic nitrogens is 1. The second-order valence-corrected chi connectivity index (χ2v) is 2.91. The van der Waals surface area contributed by atoms with Gasteiger partial charge in [-0.1, -0.05) is 5.92 Å². The van der Waals surface area contributed by atoms with Gasteiger partial charge in [0.1, 0.15) is 5.69 Å². The summed E-state index contributed by atoms with van der Waals surface area (Å²) in [6.45, 7) is 0. The fourth-order valence-electron chi connectivity index (χ4n) is 0.885. The number of nitrogens with two attached hydrogens (primary N) is 1. The summed E-state index contributed by atoms with van der Waals surface area (Å²) in [5.74, 6) is 6.68. The Balaban J connectivity index is 2.86. The monoisotopic (exact) mass is 210 g/mol. The molecule has 0 fully saturated rings. The van der Waals surface area contributed by atoms with Crippen molar-refractivity contribution >= 4 is 17.3 Å². The lowest BCUT2D eigenvalue weighted by Gasteiger charge is -2.01. The van der Waals surface area contributed by atoms with Gasteiger partial charge in [0.05, 0.1) is 12.8 Å². The van der Waals surface area contributed by atoms with Crippen LogP contribution in [0, 0.1) is 11.8 Å². The summed E-state index contributed by atoms with van der Waals surface area (Å²) in [4.78, 5) is 4.10. The summed E-state index contributed by atoms with van der Waals surface area (Å²) in [5.41, 5.74) is 6.75. The van der Waals surface area contributed by atoms with Crippen LogP contribution < -0.4 is 10.5 Å². The van der Waals surface area contributed by atoms with Crippen LogP contribution in [-0.2, 0) is 0 Å². The Morgan fingerprint density at radius 3 is 3.00 bits per heavy atom. The first-order chi connectivity index (χ1) is 6.77. The maximum absolute atomic E-state index is 5.60. The molecule has 1 aromatic rings. The summed E-state index contributed by atoms with van der Waals surface area (Å²) in [7, 11) is 1.52. The molecule has 4 heteroatoms. The molecule has 3 nitrogen and oxygen atoms in total. The van der Waals surface area contributed by atoms with E-state index in [2.05, 4.69) is 16.8 Å². The zero-order valence-corrected chi connectivity index (χ0v) is 8.64. The Kier molecular flexibility index (Phi) is 4.09. The number of pyridine rings is 1. The van der Waals surface area contributed by atoms with E-state index in [0.29, 0.717) is 29.6 Å². The van der Waals surface area contributed by atoms with Crippen LogP contribution in [0.5, 0.6) is 5.88 Å². The van der Waals surface area contributed by atoms with Gasteiger partial charge in [-0.25, -0.2) is 4.98 Å². The molecule has 0 radical (unpaired) electrons. The third-order valence-corrected chi connectivity index (χ3v) is 1.71. The van der Waals surface area contributed by atoms with Gasteiger partial charge < -0.3 is 10.5 Å². The highest BCUT2D eigenvalue weighted by Crippen LogP contribution is 2.16. The molecule has 0 aliphatic carbocycles. The van der Waals surface area contributed by atoms with Gasteiger partial charge in [-0.15, -0.1) is 11.6 Å². The molecule has 0 aromatic carbocycles. The molecule has 0 saturated heterocycles. The number of alkyl halides is 1. The molecule has 1 heterocycles. The lowest BCUT2D eigenvalue weighted by Crippen LogP contribution is -1.96. The van der Waals surface area contributed by atoms with Crippen molar-refractivity contribution in [1.29, 1.82) is 0 Å². The summed E-state index contributed by atoms with van der Waals surface area (Å²) in [5, 5.41) is 0. The van der Waals surface area contributed by atoms with E-state index in [1.54, 1.807) is 12.1 Å². The summed E-state index contributed by atoms with van der Waals surface area (Å²) < 4.78 is 4.96. The lowest BCUT2D eigenvalue weighted by atomic mass is 10.3. The van der Waals surface area contributed by atoms with E-state index in [4.69, 9.17) is 22.1 Å². The van der Waals surface area contributed by atoms with Crippen LogP contribution in [0.1, 0.15) is 12.1 Å². The number of rotatable bonds is 2. The fraction of sp³-hybridized carbons (Fsp3) is 0.300. The summed E-state index contributed by atoms with van der Waals surface area (Å²) in [6, 6.07) is 3.47. The van der Waals surface area contributed by atoms with E-state index in [1.807, 2.05) is 0 Å². The Morgan fingerprint density at radius 1 is 1.57 bits per heavy atom. The molecule has 0 saturated carbocycles. The van der Waals surface area contributed by atoms with E-state index < -0.39 is 0 Å². The van der Waals surface area contributed by atoms with Crippen molar-refractivity contribution < 1.29 is 4.74 Å². The predicted octanol–water partition coefficient (Wildman–Crippen LogP) is 1.65. The molecular formula is C10H11ClN2O. The number of nitrogens with zero attached hydrogens (tertiary/aromatic N) is 1. The third kappa shape index (κ3) is 2.82. The van der Waals surface area contributed by atoms with E-state index in [9.17, 15) is 0 Å². The molecule has 1 rings (SSSR count). The Labute approximate surface area is 88.2 Å². The van der Waals surface area contributed by atoms with Crippen molar-refractivity contribution in [2.45, 2.75) is 6.42 Å². The lowest BCUT2D eigenvalue weighted by molar-refractivity contribution is 0.400. The third-order valence-electron chi connectivity index (χ3n) is 1.52. The minimum Gasteiger partial charge on any atom is -0.479 e. The predicted molar refractivity (Wildman–Crippen MR) is 57.4 cm³/mol. The van der Waals surface area contributed by atoms with Crippen molar-refractivity contribution in [3.05, 3.63) is 17.8 Å². The SMILES string of the molecule is COc1nc(C#CCCCl)ccc1N. The highest BCUT2D eigenvalue weighted by Gasteiger charge is 1.99. The van der Waals surface area contributed by atoms with Crippen molar-refractivity contribution in [3.63, 3.8) is 0 Å². The summed E-state index contributed by atoms with van der Waals surface area (Å²) in [6.07, 6.45) is 0.649. The summed E-state index contributed by atoms with van der Waals surface area (Å²) >= 11 is 5.48. The molecular weight excluding hydrogens is 200 g/mol. The fourth-order valence-corrected chi connectivity index (χ4v) is 0.979. The van der Waals surface area contributed by atoms with Crippen LogP contribution in [-0.4, -0.2) is 18.0 Å². The van der Waals surface area contributed by atoms with Crippen molar-refractivity contribution in [2.75, 3.05) is 18.7 Å². The molecule has 1 aromatic heterocycles. The first-order valence-electron chi connectivity index (χ1n) is 4.13. The second kappa shape index (κ2) is 5.36. The number of anilines is 1. The first kappa shape index (κ1) is 10.7. The van der Waals surface area contributed by atoms with Crippen LogP contribution in [0.4, 0.5) is 5.69 Å². The topological polar surface area (TPSA) is 48.1 Å². The van der Waals surface area contributed by atoms with Crippen molar-refractivity contribution in [1.82, 2.24) is 4.98 Å². The Morgan fingerprint density at radius 2 is 2.36 bits per heavy atom. The second-order valence-electron chi connectivity index (χ2n) is 2.54. The number of halogens is 1. The maximum atomic E-state index is 5.60. The van der Waals surface area contributed by atoms with E-state index in [1.165, 1.54) is 7.11 Å². The van der Waals surface area contributed by atoms with Gasteiger partial charge in [0.15, 0.2) is 0 Å². The van der Waals surface area contributed by atoms with E-state index in [-0.39, 0.29) is 0 Å². The number of ether oxygens (including phenoxy) is 1. The largest absolute Gasteiger partial charge is 0.479 e. The number of methoxy groups -OCH3 is 1. The van der Waals surface area contributed by atoms with Crippen molar-refractivity contribution in [3.8, 4) is 17.7 Å². The zero-order chi connectivity index (χ0) is 10.4. The molecule has 0 aliphatic rings. The van der Waals surface area contributed by atoms with Gasteiger partial charge in [0, 0.05) is 12.3 Å². The van der Waals surface area contributed by atoms with Crippen LogP contribution in [0.25, 0.3) is 0 Å². The van der Waals surface area contributed by atoms with Gasteiger partial charge in [-0.05, 0) is 18.1 Å². The van der Waals surface area contributed by atoms with Gasteiger partial charge in [-0.2, -0.15) is 0 Å². The minimum atomic E-state index is 0.405. The van der Waals surface area contributed by atoms with Gasteiger partial charge in [0.25, 0.3) is 0 Å². The molecule has 0 atom stereocenters. The molecule has 0 spiro atoms. The number of nitrogen functional groups attached to an aromatic ring is 1. The maximum Gasteiger partial charge on any atom is 0.238 e. The molecule has 74 valence electrons. The van der Waals surface area contributed by atoms with Gasteiger partial charge in [0.2, 0.25) is 5.88 Å². The highest BCUT2D eigenvalue weighted by atomic mass is 35.5. The van der Waals surface area contributed by atoms with Crippen molar-refractivity contribution in [2.24, 2.45) is 0 Å². The zero-order valence-electron chi connectivity index (χ0n) is 7.88. The average Bonchev–Trinajstić information content (AvgIpc) is 2.21. The van der Waals surface area contributed by atoms with Crippen LogP contribution in [0.15, 0.2) is 12.1 Å². The quantitative estimate of drug-likeness (QED) is 0.597. The first-order valence-corrected chi connectivity index (χ1v) is 4.66. The molecule has 0 aliphatic heterocycles. The number of hydrogen-bond donors (Lipinski definition) is 1. The van der Waals surface area contributed by atoms with Gasteiger partial charge >= 0.3 is 0 Å². The highest BCUT2D eigenvalue weighted by molar-refractivity contribution is 6.18. The molecule has 0 amide bonds. The van der Waals surface area contributed by atoms with Crippen LogP contribution in [0.3, 0.4) is 0 Å². The molecule has 14 heavy (non-hydrogen) atoms.